The zero-order valence-corrected chi connectivity index (χ0v) is 16.8. The lowest BCUT2D eigenvalue weighted by Gasteiger charge is -2.10. The molecule has 0 bridgehead atoms. The van der Waals surface area contributed by atoms with E-state index in [1.807, 2.05) is 31.2 Å². The first kappa shape index (κ1) is 19.3. The molecule has 0 saturated carbocycles. The zero-order chi connectivity index (χ0) is 21.3. The summed E-state index contributed by atoms with van der Waals surface area (Å²) in [6, 6.07) is 14.4. The molecule has 0 atom stereocenters. The molecule has 0 spiro atoms. The van der Waals surface area contributed by atoms with Crippen LogP contribution in [0.1, 0.15) is 16.1 Å². The summed E-state index contributed by atoms with van der Waals surface area (Å²) in [7, 11) is 3.44. The Morgan fingerprint density at radius 1 is 1.00 bits per heavy atom. The number of nitrogens with two attached hydrogens (primary N) is 1. The van der Waals surface area contributed by atoms with E-state index in [0.29, 0.717) is 34.2 Å². The molecule has 8 heteroatoms. The quantitative estimate of drug-likeness (QED) is 0.522. The Kier molecular flexibility index (Phi) is 4.97. The topological polar surface area (TPSA) is 111 Å². The maximum absolute atomic E-state index is 12.1. The van der Waals surface area contributed by atoms with E-state index in [9.17, 15) is 4.79 Å². The van der Waals surface area contributed by atoms with Gasteiger partial charge in [0.15, 0.2) is 0 Å². The van der Waals surface area contributed by atoms with Crippen LogP contribution in [0.2, 0.25) is 0 Å². The molecule has 8 nitrogen and oxygen atoms in total. The fourth-order valence-electron chi connectivity index (χ4n) is 2.94. The number of hydrogen-bond donors (Lipinski definition) is 1. The van der Waals surface area contributed by atoms with Crippen LogP contribution in [0.5, 0.6) is 0 Å². The first-order valence-corrected chi connectivity index (χ1v) is 9.28. The molecule has 2 aromatic heterocycles. The lowest BCUT2D eigenvalue weighted by atomic mass is 10.1. The van der Waals surface area contributed by atoms with Gasteiger partial charge in [0.2, 0.25) is 5.89 Å². The molecule has 2 heterocycles. The van der Waals surface area contributed by atoms with Crippen molar-refractivity contribution in [2.75, 3.05) is 19.8 Å². The number of aryl methyl sites for hydroxylation is 1. The molecule has 0 aliphatic carbocycles. The monoisotopic (exact) mass is 400 g/mol. The molecular weight excluding hydrogens is 380 g/mol. The fraction of sp³-hybridized carbons (Fsp3) is 0.136. The van der Waals surface area contributed by atoms with Gasteiger partial charge in [-0.15, -0.1) is 10.2 Å². The van der Waals surface area contributed by atoms with Crippen molar-refractivity contribution in [1.82, 2.24) is 25.1 Å². The summed E-state index contributed by atoms with van der Waals surface area (Å²) < 4.78 is 5.83. The number of carbonyl (C=O) groups excluding carboxylic acids is 1. The summed E-state index contributed by atoms with van der Waals surface area (Å²) in [4.78, 5) is 22.7. The minimum Gasteiger partial charge on any atom is -0.415 e. The van der Waals surface area contributed by atoms with Crippen molar-refractivity contribution in [2.24, 2.45) is 0 Å². The molecule has 2 N–H and O–H groups in total. The van der Waals surface area contributed by atoms with E-state index in [2.05, 4.69) is 20.2 Å². The van der Waals surface area contributed by atoms with Gasteiger partial charge < -0.3 is 15.1 Å². The predicted octanol–water partition coefficient (Wildman–Crippen LogP) is 3.45. The average Bonchev–Trinajstić information content (AvgIpc) is 3.24. The van der Waals surface area contributed by atoms with Crippen LogP contribution in [0, 0.1) is 6.92 Å². The minimum absolute atomic E-state index is 0.0582. The molecule has 2 aromatic carbocycles. The van der Waals surface area contributed by atoms with Crippen LogP contribution in [0.4, 0.5) is 5.69 Å². The fourth-order valence-corrected chi connectivity index (χ4v) is 2.94. The Morgan fingerprint density at radius 3 is 2.43 bits per heavy atom. The van der Waals surface area contributed by atoms with Crippen LogP contribution in [0.3, 0.4) is 0 Å². The molecule has 30 heavy (non-hydrogen) atoms. The van der Waals surface area contributed by atoms with Crippen molar-refractivity contribution < 1.29 is 9.21 Å². The maximum Gasteiger partial charge on any atom is 0.268 e. The van der Waals surface area contributed by atoms with Crippen LogP contribution in [0.15, 0.2) is 59.1 Å². The summed E-state index contributed by atoms with van der Waals surface area (Å²) in [5.41, 5.74) is 10.4. The summed E-state index contributed by atoms with van der Waals surface area (Å²) in [5, 5.41) is 8.25. The first-order chi connectivity index (χ1) is 14.4. The number of nitrogens with zero attached hydrogens (tertiary/aromatic N) is 5. The van der Waals surface area contributed by atoms with Crippen molar-refractivity contribution in [2.45, 2.75) is 6.92 Å². The Balaban J connectivity index is 1.67. The largest absolute Gasteiger partial charge is 0.415 e. The highest BCUT2D eigenvalue weighted by molar-refractivity contribution is 5.94. The Labute approximate surface area is 173 Å². The number of rotatable bonds is 4. The van der Waals surface area contributed by atoms with Crippen molar-refractivity contribution in [3.8, 4) is 34.3 Å². The van der Waals surface area contributed by atoms with Crippen LogP contribution in [0.25, 0.3) is 34.3 Å². The normalized spacial score (nSPS) is 10.8. The van der Waals surface area contributed by atoms with Crippen LogP contribution < -0.4 is 5.73 Å². The van der Waals surface area contributed by atoms with Crippen LogP contribution in [-0.2, 0) is 0 Å². The summed E-state index contributed by atoms with van der Waals surface area (Å²) in [5.74, 6) is 0.575. The molecule has 0 saturated heterocycles. The molecule has 0 radical (unpaired) electrons. The number of benzene rings is 2. The van der Waals surface area contributed by atoms with Gasteiger partial charge >= 0.3 is 0 Å². The second-order valence-electron chi connectivity index (χ2n) is 7.00. The van der Waals surface area contributed by atoms with E-state index >= 15 is 0 Å². The van der Waals surface area contributed by atoms with Gasteiger partial charge in [0.25, 0.3) is 11.8 Å². The molecule has 150 valence electrons. The summed E-state index contributed by atoms with van der Waals surface area (Å²) in [6.45, 7) is 1.83. The van der Waals surface area contributed by atoms with Crippen LogP contribution >= 0.6 is 0 Å². The molecule has 4 rings (SSSR count). The van der Waals surface area contributed by atoms with Crippen LogP contribution in [-0.4, -0.2) is 45.1 Å². The van der Waals surface area contributed by atoms with Gasteiger partial charge in [-0.2, -0.15) is 0 Å². The molecule has 1 amide bonds. The Morgan fingerprint density at radius 2 is 1.73 bits per heavy atom. The number of aromatic nitrogens is 4. The van der Waals surface area contributed by atoms with Crippen molar-refractivity contribution >= 4 is 11.6 Å². The van der Waals surface area contributed by atoms with Crippen molar-refractivity contribution in [3.63, 3.8) is 0 Å². The SMILES string of the molecule is Cc1ncc(-c2ccc(C(=O)N(C)C)cc2)nc1-c1nnc(-c2cccc(N)c2)o1. The zero-order valence-electron chi connectivity index (χ0n) is 16.8. The van der Waals surface area contributed by atoms with Gasteiger partial charge in [-0.25, -0.2) is 4.98 Å². The Bertz CT molecular complexity index is 1210. The number of anilines is 1. The van der Waals surface area contributed by atoms with Crippen molar-refractivity contribution in [3.05, 3.63) is 66.0 Å². The van der Waals surface area contributed by atoms with E-state index in [1.54, 1.807) is 44.6 Å². The summed E-state index contributed by atoms with van der Waals surface area (Å²) >= 11 is 0. The van der Waals surface area contributed by atoms with E-state index in [1.165, 1.54) is 4.90 Å². The smallest absolute Gasteiger partial charge is 0.268 e. The summed E-state index contributed by atoms with van der Waals surface area (Å²) in [6.07, 6.45) is 1.68. The molecule has 4 aromatic rings. The minimum atomic E-state index is -0.0582. The Hall–Kier alpha value is -4.07. The maximum atomic E-state index is 12.1. The molecule has 0 aliphatic heterocycles. The van der Waals surface area contributed by atoms with Gasteiger partial charge in [-0.05, 0) is 37.3 Å². The second kappa shape index (κ2) is 7.75. The third kappa shape index (κ3) is 3.75. The number of hydrogen-bond acceptors (Lipinski definition) is 7. The molecule has 0 fully saturated rings. The average molecular weight is 400 g/mol. The molecule has 0 unspecified atom stereocenters. The lowest BCUT2D eigenvalue weighted by Crippen LogP contribution is -2.21. The third-order valence-corrected chi connectivity index (χ3v) is 4.55. The predicted molar refractivity (Wildman–Crippen MR) is 113 cm³/mol. The lowest BCUT2D eigenvalue weighted by molar-refractivity contribution is 0.0827. The third-order valence-electron chi connectivity index (χ3n) is 4.55. The van der Waals surface area contributed by atoms with Gasteiger partial charge in [0.05, 0.1) is 17.6 Å². The van der Waals surface area contributed by atoms with E-state index in [4.69, 9.17) is 10.2 Å². The highest BCUT2D eigenvalue weighted by atomic mass is 16.4. The standard InChI is InChI=1S/C22H20N6O2/c1-13-19(21-27-26-20(30-21)16-5-4-6-17(23)11-16)25-18(12-24-13)14-7-9-15(10-8-14)22(29)28(2)3/h4-12H,23H2,1-3H3. The molecule has 0 aliphatic rings. The highest BCUT2D eigenvalue weighted by Crippen LogP contribution is 2.27. The van der Waals surface area contributed by atoms with E-state index < -0.39 is 0 Å². The second-order valence-corrected chi connectivity index (χ2v) is 7.00. The number of carbonyl (C=O) groups is 1. The van der Waals surface area contributed by atoms with Gasteiger partial charge in [-0.1, -0.05) is 18.2 Å². The van der Waals surface area contributed by atoms with Gasteiger partial charge in [-0.3, -0.25) is 9.78 Å². The van der Waals surface area contributed by atoms with E-state index in [0.717, 1.165) is 11.1 Å². The van der Waals surface area contributed by atoms with E-state index in [-0.39, 0.29) is 11.8 Å². The van der Waals surface area contributed by atoms with Gasteiger partial charge in [0.1, 0.15) is 5.69 Å². The highest BCUT2D eigenvalue weighted by Gasteiger charge is 2.16. The number of nitrogen functional groups attached to an aromatic ring is 1. The first-order valence-electron chi connectivity index (χ1n) is 9.28. The van der Waals surface area contributed by atoms with Gasteiger partial charge in [0, 0.05) is 36.5 Å². The number of amides is 1. The molecular formula is C22H20N6O2. The van der Waals surface area contributed by atoms with Crippen molar-refractivity contribution in [1.29, 1.82) is 0 Å².